The average molecular weight is 445 g/mol. The molecule has 0 unspecified atom stereocenters. The number of nitrogens with one attached hydrogen (secondary N) is 1. The van der Waals surface area contributed by atoms with Gasteiger partial charge < -0.3 is 19.2 Å². The summed E-state index contributed by atoms with van der Waals surface area (Å²) in [5.74, 6) is -0.144. The lowest BCUT2D eigenvalue weighted by Gasteiger charge is -2.10. The number of rotatable bonds is 7. The first-order valence-corrected chi connectivity index (χ1v) is 10.6. The highest BCUT2D eigenvalue weighted by Gasteiger charge is 2.13. The number of carbonyl (C=O) groups is 2. The van der Waals surface area contributed by atoms with E-state index in [9.17, 15) is 14.4 Å². The number of carbonyl (C=O) groups excluding carboxylic acids is 2. The van der Waals surface area contributed by atoms with E-state index in [0.29, 0.717) is 23.1 Å². The maximum Gasteiger partial charge on any atom is 0.407 e. The van der Waals surface area contributed by atoms with Crippen LogP contribution in [0.1, 0.15) is 24.0 Å². The van der Waals surface area contributed by atoms with E-state index in [0.717, 1.165) is 21.9 Å². The normalized spacial score (nSPS) is 10.8. The maximum absolute atomic E-state index is 12.3. The molecule has 0 aliphatic rings. The van der Waals surface area contributed by atoms with E-state index >= 15 is 0 Å². The molecule has 33 heavy (non-hydrogen) atoms. The van der Waals surface area contributed by atoms with E-state index in [1.807, 2.05) is 49.4 Å². The average Bonchev–Trinajstić information content (AvgIpc) is 2.81. The molecule has 7 heteroatoms. The van der Waals surface area contributed by atoms with Crippen molar-refractivity contribution in [1.29, 1.82) is 0 Å². The van der Waals surface area contributed by atoms with Crippen molar-refractivity contribution in [2.24, 2.45) is 0 Å². The van der Waals surface area contributed by atoms with Crippen LogP contribution in [0.4, 0.5) is 4.79 Å². The standard InChI is InChI=1S/C26H23NO6/c1-17-14-19(15-22-24(17)20-10-5-6-11-21(20)25(29)33-22)32-23(28)12-7-13-27-26(30)31-16-18-8-3-2-4-9-18/h2-6,8-11,14-15H,7,12-13,16H2,1H3,(H,27,30). The number of hydrogen-bond donors (Lipinski definition) is 1. The van der Waals surface area contributed by atoms with E-state index in [2.05, 4.69) is 5.32 Å². The van der Waals surface area contributed by atoms with Crippen molar-refractivity contribution in [3.63, 3.8) is 0 Å². The van der Waals surface area contributed by atoms with E-state index in [4.69, 9.17) is 13.9 Å². The van der Waals surface area contributed by atoms with Crippen LogP contribution in [0.25, 0.3) is 21.7 Å². The van der Waals surface area contributed by atoms with Crippen molar-refractivity contribution < 1.29 is 23.5 Å². The Morgan fingerprint density at radius 3 is 2.48 bits per heavy atom. The molecule has 1 amide bonds. The van der Waals surface area contributed by atoms with Gasteiger partial charge in [0.15, 0.2) is 0 Å². The third kappa shape index (κ3) is 5.38. The van der Waals surface area contributed by atoms with Crippen LogP contribution in [0.3, 0.4) is 0 Å². The Morgan fingerprint density at radius 1 is 0.970 bits per heavy atom. The number of aryl methyl sites for hydroxylation is 1. The summed E-state index contributed by atoms with van der Waals surface area (Å²) >= 11 is 0. The lowest BCUT2D eigenvalue weighted by Crippen LogP contribution is -2.26. The highest BCUT2D eigenvalue weighted by Crippen LogP contribution is 2.30. The summed E-state index contributed by atoms with van der Waals surface area (Å²) in [7, 11) is 0. The molecule has 0 saturated heterocycles. The second-order valence-corrected chi connectivity index (χ2v) is 7.61. The second kappa shape index (κ2) is 9.99. The summed E-state index contributed by atoms with van der Waals surface area (Å²) < 4.78 is 16.0. The molecule has 0 aliphatic carbocycles. The molecule has 0 aliphatic heterocycles. The van der Waals surface area contributed by atoms with Gasteiger partial charge in [0.1, 0.15) is 17.9 Å². The van der Waals surface area contributed by atoms with Crippen LogP contribution in [0.2, 0.25) is 0 Å². The minimum Gasteiger partial charge on any atom is -0.445 e. The predicted molar refractivity (Wildman–Crippen MR) is 124 cm³/mol. The highest BCUT2D eigenvalue weighted by atomic mass is 16.5. The van der Waals surface area contributed by atoms with E-state index < -0.39 is 17.7 Å². The Hall–Kier alpha value is -4.13. The van der Waals surface area contributed by atoms with Gasteiger partial charge in [-0.25, -0.2) is 9.59 Å². The predicted octanol–water partition coefficient (Wildman–Crippen LogP) is 4.87. The molecule has 1 heterocycles. The molecule has 0 saturated carbocycles. The summed E-state index contributed by atoms with van der Waals surface area (Å²) in [5.41, 5.74) is 1.65. The smallest absolute Gasteiger partial charge is 0.407 e. The zero-order valence-corrected chi connectivity index (χ0v) is 18.1. The topological polar surface area (TPSA) is 94.8 Å². The molecule has 0 fully saturated rings. The van der Waals surface area contributed by atoms with Gasteiger partial charge in [-0.2, -0.15) is 0 Å². The van der Waals surface area contributed by atoms with Crippen LogP contribution < -0.4 is 15.7 Å². The molecule has 1 aromatic heterocycles. The monoisotopic (exact) mass is 445 g/mol. The maximum atomic E-state index is 12.3. The number of amides is 1. The highest BCUT2D eigenvalue weighted by molar-refractivity contribution is 6.06. The fourth-order valence-corrected chi connectivity index (χ4v) is 3.62. The second-order valence-electron chi connectivity index (χ2n) is 7.61. The number of fused-ring (bicyclic) bond motifs is 3. The van der Waals surface area contributed by atoms with Crippen LogP contribution in [0, 0.1) is 6.92 Å². The van der Waals surface area contributed by atoms with Gasteiger partial charge >= 0.3 is 17.7 Å². The molecule has 0 radical (unpaired) electrons. The number of hydrogen-bond acceptors (Lipinski definition) is 6. The fourth-order valence-electron chi connectivity index (χ4n) is 3.62. The molecule has 1 N–H and O–H groups in total. The molecule has 0 atom stereocenters. The Labute approximate surface area is 189 Å². The summed E-state index contributed by atoms with van der Waals surface area (Å²) in [6.07, 6.45) is -0.0388. The summed E-state index contributed by atoms with van der Waals surface area (Å²) in [5, 5.41) is 4.72. The van der Waals surface area contributed by atoms with Crippen molar-refractivity contribution in [3.8, 4) is 5.75 Å². The molecule has 3 aromatic carbocycles. The van der Waals surface area contributed by atoms with Gasteiger partial charge in [0.25, 0.3) is 0 Å². The molecule has 4 rings (SSSR count). The number of ether oxygens (including phenoxy) is 2. The third-order valence-electron chi connectivity index (χ3n) is 5.16. The molecule has 168 valence electrons. The van der Waals surface area contributed by atoms with Crippen LogP contribution in [-0.4, -0.2) is 18.6 Å². The van der Waals surface area contributed by atoms with E-state index in [1.54, 1.807) is 24.3 Å². The Morgan fingerprint density at radius 2 is 1.70 bits per heavy atom. The first kappa shape index (κ1) is 22.1. The lowest BCUT2D eigenvalue weighted by molar-refractivity contribution is -0.134. The summed E-state index contributed by atoms with van der Waals surface area (Å²) in [4.78, 5) is 36.3. The van der Waals surface area contributed by atoms with Crippen molar-refractivity contribution in [3.05, 3.63) is 88.3 Å². The minimum absolute atomic E-state index is 0.109. The molecule has 0 spiro atoms. The Bertz CT molecular complexity index is 1360. The van der Waals surface area contributed by atoms with Crippen molar-refractivity contribution in [1.82, 2.24) is 5.32 Å². The zero-order chi connectivity index (χ0) is 23.2. The molecule has 7 nitrogen and oxygen atoms in total. The van der Waals surface area contributed by atoms with E-state index in [-0.39, 0.29) is 19.6 Å². The molecular formula is C26H23NO6. The quantitative estimate of drug-likeness (QED) is 0.143. The first-order chi connectivity index (χ1) is 16.0. The van der Waals surface area contributed by atoms with Crippen molar-refractivity contribution in [2.45, 2.75) is 26.4 Å². The van der Waals surface area contributed by atoms with Gasteiger partial charge in [0.2, 0.25) is 0 Å². The van der Waals surface area contributed by atoms with Crippen LogP contribution >= 0.6 is 0 Å². The number of benzene rings is 3. The van der Waals surface area contributed by atoms with Gasteiger partial charge in [-0.1, -0.05) is 48.5 Å². The van der Waals surface area contributed by atoms with Gasteiger partial charge in [-0.3, -0.25) is 4.79 Å². The van der Waals surface area contributed by atoms with Gasteiger partial charge in [0, 0.05) is 29.8 Å². The number of alkyl carbamates (subject to hydrolysis) is 1. The van der Waals surface area contributed by atoms with Crippen LogP contribution in [0.15, 0.2) is 75.9 Å². The van der Waals surface area contributed by atoms with Gasteiger partial charge in [-0.15, -0.1) is 0 Å². The fraction of sp³-hybridized carbons (Fsp3) is 0.192. The first-order valence-electron chi connectivity index (χ1n) is 10.6. The molecule has 0 bridgehead atoms. The van der Waals surface area contributed by atoms with Crippen molar-refractivity contribution >= 4 is 33.8 Å². The Kier molecular flexibility index (Phi) is 6.69. The number of esters is 1. The molecular weight excluding hydrogens is 422 g/mol. The zero-order valence-electron chi connectivity index (χ0n) is 18.1. The lowest BCUT2D eigenvalue weighted by atomic mass is 10.0. The van der Waals surface area contributed by atoms with Crippen LogP contribution in [0.5, 0.6) is 5.75 Å². The van der Waals surface area contributed by atoms with Gasteiger partial charge in [0.05, 0.1) is 5.39 Å². The summed E-state index contributed by atoms with van der Waals surface area (Å²) in [6, 6.07) is 19.9. The minimum atomic E-state index is -0.542. The molecule has 4 aromatic rings. The van der Waals surface area contributed by atoms with Gasteiger partial charge in [-0.05, 0) is 36.6 Å². The van der Waals surface area contributed by atoms with Crippen LogP contribution in [-0.2, 0) is 16.1 Å². The SMILES string of the molecule is Cc1cc(OC(=O)CCCNC(=O)OCc2ccccc2)cc2oc(=O)c3ccccc3c12. The summed E-state index contributed by atoms with van der Waals surface area (Å²) in [6.45, 7) is 2.33. The van der Waals surface area contributed by atoms with E-state index in [1.165, 1.54) is 0 Å². The largest absolute Gasteiger partial charge is 0.445 e. The Balaban J connectivity index is 1.30. The third-order valence-corrected chi connectivity index (χ3v) is 5.16. The van der Waals surface area contributed by atoms with Crippen molar-refractivity contribution in [2.75, 3.05) is 6.54 Å².